The number of hydrogen-bond donors (Lipinski definition) is 1. The van der Waals surface area contributed by atoms with E-state index < -0.39 is 17.7 Å². The minimum absolute atomic E-state index is 0.00672. The van der Waals surface area contributed by atoms with E-state index in [1.165, 1.54) is 16.2 Å². The topological polar surface area (TPSA) is 98.2 Å². The van der Waals surface area contributed by atoms with Gasteiger partial charge in [0.2, 0.25) is 0 Å². The molecule has 2 aliphatic rings. The van der Waals surface area contributed by atoms with Gasteiger partial charge in [0.15, 0.2) is 16.6 Å². The van der Waals surface area contributed by atoms with E-state index in [9.17, 15) is 14.7 Å². The first kappa shape index (κ1) is 29.7. The van der Waals surface area contributed by atoms with Gasteiger partial charge in [0.05, 0.1) is 35.5 Å². The van der Waals surface area contributed by atoms with Crippen LogP contribution in [0.3, 0.4) is 0 Å². The summed E-state index contributed by atoms with van der Waals surface area (Å²) in [4.78, 5) is 33.9. The lowest BCUT2D eigenvalue weighted by atomic mass is 9.94. The van der Waals surface area contributed by atoms with Crippen LogP contribution in [0.1, 0.15) is 67.0 Å². The maximum Gasteiger partial charge on any atom is 0.301 e. The number of rotatable bonds is 9. The van der Waals surface area contributed by atoms with Crippen molar-refractivity contribution in [2.45, 2.75) is 65.5 Å². The third-order valence-electron chi connectivity index (χ3n) is 8.15. The first-order valence-corrected chi connectivity index (χ1v) is 15.8. The molecule has 3 aromatic carbocycles. The van der Waals surface area contributed by atoms with Crippen LogP contribution in [0.4, 0.5) is 5.13 Å². The number of ether oxygens (including phenoxy) is 3. The predicted octanol–water partition coefficient (Wildman–Crippen LogP) is 7.44. The van der Waals surface area contributed by atoms with Crippen LogP contribution in [-0.4, -0.2) is 41.6 Å². The lowest BCUT2D eigenvalue weighted by Gasteiger charge is -2.24. The molecule has 9 heteroatoms. The molecule has 1 saturated heterocycles. The van der Waals surface area contributed by atoms with Gasteiger partial charge in [0.1, 0.15) is 17.6 Å². The van der Waals surface area contributed by atoms with Gasteiger partial charge in [0, 0.05) is 12.0 Å². The predicted molar refractivity (Wildman–Crippen MR) is 172 cm³/mol. The van der Waals surface area contributed by atoms with Crippen LogP contribution in [0.5, 0.6) is 17.2 Å². The summed E-state index contributed by atoms with van der Waals surface area (Å²) in [6.45, 7) is 8.66. The Labute approximate surface area is 260 Å². The minimum Gasteiger partial charge on any atom is -0.507 e. The van der Waals surface area contributed by atoms with Gasteiger partial charge in [0.25, 0.3) is 5.78 Å². The molecule has 1 aromatic heterocycles. The number of anilines is 1. The average Bonchev–Trinajstić information content (AvgIpc) is 3.67. The molecule has 4 aromatic rings. The molecule has 0 radical (unpaired) electrons. The molecule has 1 N–H and O–H groups in total. The molecule has 1 fully saturated rings. The molecule has 6 rings (SSSR count). The number of ketones is 1. The molecular formula is C35H36N2O6S. The molecule has 0 spiro atoms. The number of aryl methyl sites for hydroxylation is 2. The molecule has 0 bridgehead atoms. The monoisotopic (exact) mass is 612 g/mol. The number of fused-ring (bicyclic) bond motifs is 2. The smallest absolute Gasteiger partial charge is 0.301 e. The van der Waals surface area contributed by atoms with E-state index in [0.29, 0.717) is 40.8 Å². The first-order valence-electron chi connectivity index (χ1n) is 15.0. The van der Waals surface area contributed by atoms with E-state index in [1.807, 2.05) is 45.0 Å². The summed E-state index contributed by atoms with van der Waals surface area (Å²) in [5.74, 6) is 0.0356. The summed E-state index contributed by atoms with van der Waals surface area (Å²) in [6.07, 6.45) is 3.77. The SMILES string of the molecule is CCCCCOc1ccc([C@@H]2C(=C(O)c3ccc4c(c3)C[C@H](C)O4)C(=O)C(=O)N2c2nc3c(C)cc(C)cc3s2)cc1OC. The van der Waals surface area contributed by atoms with Crippen molar-refractivity contribution in [3.8, 4) is 17.2 Å². The number of hydrogen-bond acceptors (Lipinski definition) is 8. The summed E-state index contributed by atoms with van der Waals surface area (Å²) < 4.78 is 18.5. The number of methoxy groups -OCH3 is 1. The zero-order chi connectivity index (χ0) is 31.1. The van der Waals surface area contributed by atoms with Crippen molar-refractivity contribution in [2.75, 3.05) is 18.6 Å². The number of thiazole rings is 1. The molecule has 0 saturated carbocycles. The number of aliphatic hydroxyl groups excluding tert-OH is 1. The summed E-state index contributed by atoms with van der Waals surface area (Å²) in [7, 11) is 1.56. The third kappa shape index (κ3) is 5.30. The Hall–Kier alpha value is -4.37. The number of aromatic nitrogens is 1. The molecule has 1 amide bonds. The maximum absolute atomic E-state index is 13.8. The minimum atomic E-state index is -0.941. The van der Waals surface area contributed by atoms with Crippen LogP contribution in [0.2, 0.25) is 0 Å². The zero-order valence-electron chi connectivity index (χ0n) is 25.6. The second-order valence-electron chi connectivity index (χ2n) is 11.5. The van der Waals surface area contributed by atoms with E-state index in [1.54, 1.807) is 31.4 Å². The summed E-state index contributed by atoms with van der Waals surface area (Å²) in [5.41, 5.74) is 4.81. The van der Waals surface area contributed by atoms with E-state index in [-0.39, 0.29) is 17.4 Å². The third-order valence-corrected chi connectivity index (χ3v) is 9.15. The van der Waals surface area contributed by atoms with Gasteiger partial charge in [-0.2, -0.15) is 0 Å². The standard InChI is InChI=1S/C35H36N2O6S/c1-6-7-8-13-42-26-12-9-22(18-27(26)41-5)31-29(32(38)23-10-11-25-24(17-23)16-21(4)43-25)33(39)34(40)37(31)35-36-30-20(3)14-19(2)15-28(30)44-35/h9-12,14-15,17-18,21,31,38H,6-8,13,16H2,1-5H3/t21-,31+/m0/s1. The number of carbonyl (C=O) groups excluding carboxylic acids is 2. The molecule has 44 heavy (non-hydrogen) atoms. The summed E-state index contributed by atoms with van der Waals surface area (Å²) in [5, 5.41) is 12.1. The second-order valence-corrected chi connectivity index (χ2v) is 12.5. The van der Waals surface area contributed by atoms with Gasteiger partial charge in [-0.15, -0.1) is 0 Å². The molecule has 2 atom stereocenters. The van der Waals surface area contributed by atoms with E-state index in [4.69, 9.17) is 19.2 Å². The Morgan fingerprint density at radius 2 is 1.91 bits per heavy atom. The highest BCUT2D eigenvalue weighted by atomic mass is 32.1. The van der Waals surface area contributed by atoms with Gasteiger partial charge >= 0.3 is 5.91 Å². The van der Waals surface area contributed by atoms with Crippen molar-refractivity contribution >= 4 is 44.1 Å². The van der Waals surface area contributed by atoms with Gasteiger partial charge in [-0.05, 0) is 85.8 Å². The first-order chi connectivity index (χ1) is 21.2. The molecule has 228 valence electrons. The lowest BCUT2D eigenvalue weighted by Crippen LogP contribution is -2.29. The molecule has 0 aliphatic carbocycles. The highest BCUT2D eigenvalue weighted by Crippen LogP contribution is 2.46. The fourth-order valence-corrected chi connectivity index (χ4v) is 7.21. The van der Waals surface area contributed by atoms with Crippen LogP contribution in [0, 0.1) is 13.8 Å². The molecule has 0 unspecified atom stereocenters. The number of amides is 1. The Morgan fingerprint density at radius 3 is 2.68 bits per heavy atom. The van der Waals surface area contributed by atoms with Gasteiger partial charge < -0.3 is 19.3 Å². The van der Waals surface area contributed by atoms with Crippen LogP contribution in [0.15, 0.2) is 54.1 Å². The fraction of sp³-hybridized carbons (Fsp3) is 0.343. The van der Waals surface area contributed by atoms with Crippen LogP contribution in [-0.2, 0) is 16.0 Å². The Bertz CT molecular complexity index is 1810. The average molecular weight is 613 g/mol. The second kappa shape index (κ2) is 12.0. The van der Waals surface area contributed by atoms with Crippen LogP contribution in [0.25, 0.3) is 16.0 Å². The molecular weight excluding hydrogens is 576 g/mol. The van der Waals surface area contributed by atoms with Crippen molar-refractivity contribution in [1.29, 1.82) is 0 Å². The number of nitrogens with zero attached hydrogens (tertiary/aromatic N) is 2. The van der Waals surface area contributed by atoms with E-state index >= 15 is 0 Å². The highest BCUT2D eigenvalue weighted by Gasteiger charge is 2.48. The fourth-order valence-electron chi connectivity index (χ4n) is 6.04. The number of benzene rings is 3. The van der Waals surface area contributed by atoms with Crippen LogP contribution < -0.4 is 19.1 Å². The van der Waals surface area contributed by atoms with Gasteiger partial charge in [-0.1, -0.05) is 43.2 Å². The Morgan fingerprint density at radius 1 is 1.09 bits per heavy atom. The summed E-state index contributed by atoms with van der Waals surface area (Å²) >= 11 is 1.35. The van der Waals surface area contributed by atoms with Crippen molar-refractivity contribution in [3.63, 3.8) is 0 Å². The van der Waals surface area contributed by atoms with Crippen molar-refractivity contribution in [1.82, 2.24) is 4.98 Å². The maximum atomic E-state index is 13.8. The molecule has 3 heterocycles. The van der Waals surface area contributed by atoms with Gasteiger partial charge in [-0.3, -0.25) is 14.5 Å². The number of unbranched alkanes of at least 4 members (excludes halogenated alkanes) is 2. The number of aliphatic hydroxyl groups is 1. The van der Waals surface area contributed by atoms with E-state index in [0.717, 1.165) is 51.9 Å². The van der Waals surface area contributed by atoms with E-state index in [2.05, 4.69) is 6.92 Å². The molecule has 2 aliphatic heterocycles. The normalized spacial score (nSPS) is 19.0. The zero-order valence-corrected chi connectivity index (χ0v) is 26.4. The summed E-state index contributed by atoms with van der Waals surface area (Å²) in [6, 6.07) is 13.8. The van der Waals surface area contributed by atoms with Crippen LogP contribution >= 0.6 is 11.3 Å². The largest absolute Gasteiger partial charge is 0.507 e. The van der Waals surface area contributed by atoms with Crippen molar-refractivity contribution < 1.29 is 28.9 Å². The number of Topliss-reactive ketones (excluding diaryl/α,β-unsaturated/α-hetero) is 1. The Kier molecular flexibility index (Phi) is 8.07. The Balaban J connectivity index is 1.50. The molecule has 8 nitrogen and oxygen atoms in total. The quantitative estimate of drug-likeness (QED) is 0.0908. The number of carbonyl (C=O) groups is 2. The van der Waals surface area contributed by atoms with Crippen molar-refractivity contribution in [2.24, 2.45) is 0 Å². The van der Waals surface area contributed by atoms with Crippen molar-refractivity contribution in [3.05, 3.63) is 81.9 Å². The lowest BCUT2D eigenvalue weighted by molar-refractivity contribution is -0.132. The van der Waals surface area contributed by atoms with Gasteiger partial charge in [-0.25, -0.2) is 4.98 Å². The highest BCUT2D eigenvalue weighted by molar-refractivity contribution is 7.22.